The highest BCUT2D eigenvalue weighted by molar-refractivity contribution is 5.88. The first-order valence-electron chi connectivity index (χ1n) is 5.88. The van der Waals surface area contributed by atoms with Gasteiger partial charge in [-0.2, -0.15) is 0 Å². The van der Waals surface area contributed by atoms with Crippen LogP contribution in [0.2, 0.25) is 0 Å². The zero-order valence-electron chi connectivity index (χ0n) is 10.6. The molecule has 1 heterocycles. The van der Waals surface area contributed by atoms with E-state index in [9.17, 15) is 4.79 Å². The van der Waals surface area contributed by atoms with E-state index in [1.54, 1.807) is 7.05 Å². The first-order chi connectivity index (χ1) is 8.21. The maximum atomic E-state index is 11.5. The molecule has 0 atom stereocenters. The molecule has 0 bridgehead atoms. The van der Waals surface area contributed by atoms with Gasteiger partial charge in [-0.05, 0) is 19.9 Å². The van der Waals surface area contributed by atoms with Crippen LogP contribution in [0.15, 0.2) is 0 Å². The summed E-state index contributed by atoms with van der Waals surface area (Å²) in [5.74, 6) is 0.188. The van der Waals surface area contributed by atoms with Gasteiger partial charge in [-0.25, -0.2) is 4.98 Å². The van der Waals surface area contributed by atoms with Gasteiger partial charge in [-0.1, -0.05) is 13.8 Å². The van der Waals surface area contributed by atoms with Gasteiger partial charge in [-0.15, -0.1) is 10.2 Å². The molecular weight excluding hydrogens is 218 g/mol. The number of hydrogen-bond acceptors (Lipinski definition) is 5. The Bertz CT molecular complexity index is 380. The second-order valence-corrected chi connectivity index (χ2v) is 3.64. The fourth-order valence-electron chi connectivity index (χ4n) is 1.42. The lowest BCUT2D eigenvalue weighted by Crippen LogP contribution is -2.20. The average molecular weight is 237 g/mol. The maximum absolute atomic E-state index is 11.5. The molecule has 0 aliphatic heterocycles. The van der Waals surface area contributed by atoms with Crippen molar-refractivity contribution in [2.75, 3.05) is 18.9 Å². The van der Waals surface area contributed by atoms with E-state index in [2.05, 4.69) is 25.8 Å². The molecule has 1 amide bonds. The van der Waals surface area contributed by atoms with Crippen LogP contribution in [0.1, 0.15) is 31.7 Å². The molecule has 0 saturated heterocycles. The second-order valence-electron chi connectivity index (χ2n) is 3.64. The largest absolute Gasteiger partial charge is 0.319 e. The number of aryl methyl sites for hydroxylation is 2. The van der Waals surface area contributed by atoms with Crippen molar-refractivity contribution in [3.63, 3.8) is 0 Å². The quantitative estimate of drug-likeness (QED) is 0.755. The van der Waals surface area contributed by atoms with Crippen molar-refractivity contribution < 1.29 is 4.79 Å². The molecule has 2 N–H and O–H groups in total. The van der Waals surface area contributed by atoms with Gasteiger partial charge in [0.1, 0.15) is 0 Å². The molecular formula is C11H19N5O. The Morgan fingerprint density at radius 2 is 1.88 bits per heavy atom. The molecule has 1 aromatic heterocycles. The highest BCUT2D eigenvalue weighted by atomic mass is 16.1. The van der Waals surface area contributed by atoms with Crippen LogP contribution in [0.3, 0.4) is 0 Å². The van der Waals surface area contributed by atoms with Crippen LogP contribution in [-0.2, 0) is 17.6 Å². The van der Waals surface area contributed by atoms with Crippen LogP contribution in [0.4, 0.5) is 5.95 Å². The molecule has 0 unspecified atom stereocenters. The van der Waals surface area contributed by atoms with Gasteiger partial charge in [0.25, 0.3) is 0 Å². The number of anilines is 1. The van der Waals surface area contributed by atoms with Crippen LogP contribution in [0.5, 0.6) is 0 Å². The summed E-state index contributed by atoms with van der Waals surface area (Å²) in [6, 6.07) is 0. The molecule has 6 nitrogen and oxygen atoms in total. The number of aromatic nitrogens is 3. The predicted octanol–water partition coefficient (Wildman–Crippen LogP) is 0.544. The Morgan fingerprint density at radius 3 is 2.47 bits per heavy atom. The number of hydrogen-bond donors (Lipinski definition) is 2. The second kappa shape index (κ2) is 6.90. The number of nitrogens with one attached hydrogen (secondary N) is 2. The average Bonchev–Trinajstić information content (AvgIpc) is 2.36. The van der Waals surface area contributed by atoms with Crippen molar-refractivity contribution in [2.45, 2.75) is 33.1 Å². The van der Waals surface area contributed by atoms with Crippen LogP contribution in [0, 0.1) is 0 Å². The number of nitrogens with zero attached hydrogens (tertiary/aromatic N) is 3. The topological polar surface area (TPSA) is 79.8 Å². The molecule has 94 valence electrons. The first kappa shape index (κ1) is 13.5. The molecule has 1 aromatic rings. The summed E-state index contributed by atoms with van der Waals surface area (Å²) < 4.78 is 0. The third-order valence-electron chi connectivity index (χ3n) is 2.36. The van der Waals surface area contributed by atoms with Crippen molar-refractivity contribution in [3.05, 3.63) is 11.4 Å². The normalized spacial score (nSPS) is 10.3. The molecule has 6 heteroatoms. The van der Waals surface area contributed by atoms with Crippen molar-refractivity contribution in [2.24, 2.45) is 0 Å². The van der Waals surface area contributed by atoms with Crippen LogP contribution < -0.4 is 10.6 Å². The van der Waals surface area contributed by atoms with Gasteiger partial charge < -0.3 is 5.32 Å². The lowest BCUT2D eigenvalue weighted by Gasteiger charge is -2.06. The van der Waals surface area contributed by atoms with Gasteiger partial charge in [0.05, 0.1) is 11.4 Å². The third kappa shape index (κ3) is 4.07. The summed E-state index contributed by atoms with van der Waals surface area (Å²) in [6.45, 7) is 4.65. The maximum Gasteiger partial charge on any atom is 0.249 e. The predicted molar refractivity (Wildman–Crippen MR) is 65.8 cm³/mol. The molecule has 0 aliphatic carbocycles. The van der Waals surface area contributed by atoms with Crippen molar-refractivity contribution in [1.82, 2.24) is 20.5 Å². The number of carbonyl (C=O) groups is 1. The van der Waals surface area contributed by atoms with Crippen molar-refractivity contribution >= 4 is 11.9 Å². The number of carbonyl (C=O) groups excluding carboxylic acids is 1. The fourth-order valence-corrected chi connectivity index (χ4v) is 1.42. The van der Waals surface area contributed by atoms with Crippen molar-refractivity contribution in [1.29, 1.82) is 0 Å². The van der Waals surface area contributed by atoms with E-state index in [0.29, 0.717) is 18.9 Å². The lowest BCUT2D eigenvalue weighted by atomic mass is 10.2. The molecule has 0 saturated carbocycles. The van der Waals surface area contributed by atoms with E-state index in [-0.39, 0.29) is 5.91 Å². The van der Waals surface area contributed by atoms with Crippen LogP contribution in [0.25, 0.3) is 0 Å². The molecule has 0 radical (unpaired) electrons. The summed E-state index contributed by atoms with van der Waals surface area (Å²) in [5.41, 5.74) is 1.78. The molecule has 0 aromatic carbocycles. The zero-order valence-corrected chi connectivity index (χ0v) is 10.6. The van der Waals surface area contributed by atoms with Gasteiger partial charge >= 0.3 is 0 Å². The van der Waals surface area contributed by atoms with Gasteiger partial charge in [0, 0.05) is 13.0 Å². The Balaban J connectivity index is 2.68. The molecule has 0 spiro atoms. The summed E-state index contributed by atoms with van der Waals surface area (Å²) in [6.07, 6.45) is 1.99. The monoisotopic (exact) mass is 237 g/mol. The molecule has 0 aliphatic rings. The standard InChI is InChI=1S/C11H19N5O/c1-4-8-9(5-2)15-16-11(13-8)14-10(17)6-7-12-3/h12H,4-7H2,1-3H3,(H,13,14,16,17). The van der Waals surface area contributed by atoms with Gasteiger partial charge in [0.2, 0.25) is 11.9 Å². The minimum Gasteiger partial charge on any atom is -0.319 e. The highest BCUT2D eigenvalue weighted by Gasteiger charge is 2.08. The summed E-state index contributed by atoms with van der Waals surface area (Å²) >= 11 is 0. The minimum absolute atomic E-state index is 0.104. The molecule has 1 rings (SSSR count). The smallest absolute Gasteiger partial charge is 0.249 e. The first-order valence-corrected chi connectivity index (χ1v) is 5.88. The third-order valence-corrected chi connectivity index (χ3v) is 2.36. The number of amides is 1. The van der Waals surface area contributed by atoms with E-state index in [1.807, 2.05) is 13.8 Å². The fraction of sp³-hybridized carbons (Fsp3) is 0.636. The molecule has 0 fully saturated rings. The van der Waals surface area contributed by atoms with E-state index in [0.717, 1.165) is 24.2 Å². The van der Waals surface area contributed by atoms with Crippen LogP contribution in [-0.4, -0.2) is 34.7 Å². The Morgan fingerprint density at radius 1 is 1.18 bits per heavy atom. The van der Waals surface area contributed by atoms with E-state index >= 15 is 0 Å². The lowest BCUT2D eigenvalue weighted by molar-refractivity contribution is -0.116. The summed E-state index contributed by atoms with van der Waals surface area (Å²) in [5, 5.41) is 13.5. The van der Waals surface area contributed by atoms with E-state index < -0.39 is 0 Å². The Hall–Kier alpha value is -1.56. The Labute approximate surface area is 101 Å². The summed E-state index contributed by atoms with van der Waals surface area (Å²) in [7, 11) is 1.80. The van der Waals surface area contributed by atoms with Crippen LogP contribution >= 0.6 is 0 Å². The SMILES string of the molecule is CCc1nnc(NC(=O)CCNC)nc1CC. The minimum atomic E-state index is -0.104. The zero-order chi connectivity index (χ0) is 12.7. The Kier molecular flexibility index (Phi) is 5.48. The molecule has 17 heavy (non-hydrogen) atoms. The van der Waals surface area contributed by atoms with Gasteiger partial charge in [0.15, 0.2) is 0 Å². The van der Waals surface area contributed by atoms with Crippen molar-refractivity contribution in [3.8, 4) is 0 Å². The summed E-state index contributed by atoms with van der Waals surface area (Å²) in [4.78, 5) is 15.8. The highest BCUT2D eigenvalue weighted by Crippen LogP contribution is 2.06. The van der Waals surface area contributed by atoms with E-state index in [4.69, 9.17) is 0 Å². The van der Waals surface area contributed by atoms with Gasteiger partial charge in [-0.3, -0.25) is 10.1 Å². The number of rotatable bonds is 6. The van der Waals surface area contributed by atoms with E-state index in [1.165, 1.54) is 0 Å².